The third kappa shape index (κ3) is 3.58. The molecule has 0 spiro atoms. The molecule has 3 nitrogen and oxygen atoms in total. The van der Waals surface area contributed by atoms with Gasteiger partial charge in [-0.1, -0.05) is 28.1 Å². The Labute approximate surface area is 132 Å². The van der Waals surface area contributed by atoms with Gasteiger partial charge >= 0.3 is 6.18 Å². The standard InChI is InChI=1S/C13H8BrF4NO2S/c14-10-6-5-8(7-9(10)13(16,17)18)22(20,21)19-12-4-2-1-3-11(12)15/h1-7,19H. The van der Waals surface area contributed by atoms with Gasteiger partial charge in [-0.15, -0.1) is 0 Å². The molecule has 2 aromatic carbocycles. The van der Waals surface area contributed by atoms with Gasteiger partial charge in [0.1, 0.15) is 5.82 Å². The van der Waals surface area contributed by atoms with Crippen molar-refractivity contribution in [2.45, 2.75) is 11.1 Å². The molecule has 0 saturated carbocycles. The van der Waals surface area contributed by atoms with E-state index in [9.17, 15) is 26.0 Å². The van der Waals surface area contributed by atoms with Crippen LogP contribution in [0.3, 0.4) is 0 Å². The Morgan fingerprint density at radius 1 is 1.05 bits per heavy atom. The number of nitrogens with one attached hydrogen (secondary N) is 1. The van der Waals surface area contributed by atoms with Gasteiger partial charge in [-0.25, -0.2) is 12.8 Å². The molecule has 0 bridgehead atoms. The van der Waals surface area contributed by atoms with Crippen LogP contribution < -0.4 is 4.72 Å². The molecular formula is C13H8BrF4NO2S. The zero-order valence-corrected chi connectivity index (χ0v) is 13.1. The van der Waals surface area contributed by atoms with Crippen LogP contribution in [0.1, 0.15) is 5.56 Å². The van der Waals surface area contributed by atoms with Crippen molar-refractivity contribution in [3.05, 3.63) is 58.3 Å². The topological polar surface area (TPSA) is 46.2 Å². The van der Waals surface area contributed by atoms with E-state index < -0.39 is 32.5 Å². The van der Waals surface area contributed by atoms with E-state index in [2.05, 4.69) is 15.9 Å². The maximum Gasteiger partial charge on any atom is 0.417 e. The highest BCUT2D eigenvalue weighted by Crippen LogP contribution is 2.36. The van der Waals surface area contributed by atoms with Gasteiger partial charge in [0.2, 0.25) is 0 Å². The van der Waals surface area contributed by atoms with Gasteiger partial charge in [0.25, 0.3) is 10.0 Å². The Hall–Kier alpha value is -1.61. The van der Waals surface area contributed by atoms with Crippen molar-refractivity contribution in [3.63, 3.8) is 0 Å². The highest BCUT2D eigenvalue weighted by Gasteiger charge is 2.34. The summed E-state index contributed by atoms with van der Waals surface area (Å²) in [4.78, 5) is -0.619. The predicted octanol–water partition coefficient (Wildman–Crippen LogP) is 4.41. The molecule has 0 unspecified atom stereocenters. The highest BCUT2D eigenvalue weighted by atomic mass is 79.9. The number of halogens is 5. The van der Waals surface area contributed by atoms with Crippen LogP contribution in [0.5, 0.6) is 0 Å². The first-order valence-electron chi connectivity index (χ1n) is 5.75. The van der Waals surface area contributed by atoms with Gasteiger partial charge in [0.15, 0.2) is 0 Å². The molecule has 0 saturated heterocycles. The smallest absolute Gasteiger partial charge is 0.277 e. The lowest BCUT2D eigenvalue weighted by atomic mass is 10.2. The van der Waals surface area contributed by atoms with Gasteiger partial charge in [-0.05, 0) is 30.3 Å². The first-order chi connectivity index (χ1) is 10.1. The first kappa shape index (κ1) is 16.8. The zero-order valence-electron chi connectivity index (χ0n) is 10.7. The SMILES string of the molecule is O=S(=O)(Nc1ccccc1F)c1ccc(Br)c(C(F)(F)F)c1. The largest absolute Gasteiger partial charge is 0.417 e. The molecule has 0 aliphatic heterocycles. The second-order valence-corrected chi connectivity index (χ2v) is 6.76. The molecule has 9 heteroatoms. The minimum Gasteiger partial charge on any atom is -0.277 e. The van der Waals surface area contributed by atoms with Crippen LogP contribution in [0.15, 0.2) is 51.8 Å². The summed E-state index contributed by atoms with van der Waals surface area (Å²) in [7, 11) is -4.35. The molecule has 0 aliphatic carbocycles. The summed E-state index contributed by atoms with van der Waals surface area (Å²) in [6.45, 7) is 0. The minimum atomic E-state index is -4.72. The zero-order chi connectivity index (χ0) is 16.5. The number of para-hydroxylation sites is 1. The van der Waals surface area contributed by atoms with Gasteiger partial charge in [-0.3, -0.25) is 4.72 Å². The van der Waals surface area contributed by atoms with Crippen molar-refractivity contribution in [3.8, 4) is 0 Å². The van der Waals surface area contributed by atoms with E-state index in [0.717, 1.165) is 24.3 Å². The second kappa shape index (κ2) is 5.88. The maximum absolute atomic E-state index is 13.5. The fourth-order valence-corrected chi connectivity index (χ4v) is 3.20. The first-order valence-corrected chi connectivity index (χ1v) is 8.03. The molecule has 118 valence electrons. The lowest BCUT2D eigenvalue weighted by Crippen LogP contribution is -2.15. The number of anilines is 1. The fourth-order valence-electron chi connectivity index (χ4n) is 1.64. The molecule has 2 aromatic rings. The Morgan fingerprint density at radius 3 is 2.27 bits per heavy atom. The number of rotatable bonds is 3. The quantitative estimate of drug-likeness (QED) is 0.779. The molecule has 0 atom stereocenters. The molecule has 0 heterocycles. The third-order valence-electron chi connectivity index (χ3n) is 2.67. The second-order valence-electron chi connectivity index (χ2n) is 4.22. The molecule has 0 aliphatic rings. The van der Waals surface area contributed by atoms with Crippen molar-refractivity contribution < 1.29 is 26.0 Å². The van der Waals surface area contributed by atoms with Crippen LogP contribution in [0, 0.1) is 5.82 Å². The molecule has 0 amide bonds. The number of sulfonamides is 1. The summed E-state index contributed by atoms with van der Waals surface area (Å²) in [5.74, 6) is -0.834. The highest BCUT2D eigenvalue weighted by molar-refractivity contribution is 9.10. The predicted molar refractivity (Wildman–Crippen MR) is 76.4 cm³/mol. The van der Waals surface area contributed by atoms with Crippen LogP contribution in [0.25, 0.3) is 0 Å². The summed E-state index contributed by atoms with van der Waals surface area (Å²) >= 11 is 2.72. The Balaban J connectivity index is 2.45. The molecule has 0 radical (unpaired) electrons. The molecular weight excluding hydrogens is 390 g/mol. The summed E-state index contributed by atoms with van der Waals surface area (Å²) in [6, 6.07) is 7.38. The van der Waals surface area contributed by atoms with Crippen molar-refractivity contribution in [1.82, 2.24) is 0 Å². The normalized spacial score (nSPS) is 12.2. The van der Waals surface area contributed by atoms with E-state index in [4.69, 9.17) is 0 Å². The monoisotopic (exact) mass is 397 g/mol. The Kier molecular flexibility index (Phi) is 4.48. The molecule has 2 rings (SSSR count). The van der Waals surface area contributed by atoms with E-state index in [0.29, 0.717) is 6.07 Å². The number of hydrogen-bond acceptors (Lipinski definition) is 2. The average Bonchev–Trinajstić information content (AvgIpc) is 2.40. The van der Waals surface area contributed by atoms with Crippen LogP contribution in [0.2, 0.25) is 0 Å². The van der Waals surface area contributed by atoms with Crippen LogP contribution in [0.4, 0.5) is 23.2 Å². The Morgan fingerprint density at radius 2 is 1.68 bits per heavy atom. The Bertz CT molecular complexity index is 806. The lowest BCUT2D eigenvalue weighted by Gasteiger charge is -2.13. The van der Waals surface area contributed by atoms with Gasteiger partial charge < -0.3 is 0 Å². The number of alkyl halides is 3. The van der Waals surface area contributed by atoms with Crippen molar-refractivity contribution in [2.24, 2.45) is 0 Å². The van der Waals surface area contributed by atoms with Gasteiger partial charge in [0.05, 0.1) is 16.1 Å². The summed E-state index contributed by atoms with van der Waals surface area (Å²) in [6.07, 6.45) is -4.72. The van der Waals surface area contributed by atoms with Crippen LogP contribution >= 0.6 is 15.9 Å². The third-order valence-corrected chi connectivity index (χ3v) is 4.73. The molecule has 22 heavy (non-hydrogen) atoms. The van der Waals surface area contributed by atoms with E-state index >= 15 is 0 Å². The molecule has 0 fully saturated rings. The number of benzene rings is 2. The minimum absolute atomic E-state index is 0.287. The summed E-state index contributed by atoms with van der Waals surface area (Å²) < 4.78 is 77.7. The molecule has 0 aromatic heterocycles. The van der Waals surface area contributed by atoms with Gasteiger partial charge in [-0.2, -0.15) is 13.2 Å². The lowest BCUT2D eigenvalue weighted by molar-refractivity contribution is -0.138. The summed E-state index contributed by atoms with van der Waals surface area (Å²) in [5, 5.41) is 0. The van der Waals surface area contributed by atoms with Crippen molar-refractivity contribution >= 4 is 31.6 Å². The van der Waals surface area contributed by atoms with Gasteiger partial charge in [0, 0.05) is 4.47 Å². The summed E-state index contributed by atoms with van der Waals surface area (Å²) in [5.41, 5.74) is -1.48. The van der Waals surface area contributed by atoms with E-state index in [-0.39, 0.29) is 10.2 Å². The average molecular weight is 398 g/mol. The molecule has 1 N–H and O–H groups in total. The maximum atomic E-state index is 13.5. The van der Waals surface area contributed by atoms with Crippen molar-refractivity contribution in [1.29, 1.82) is 0 Å². The van der Waals surface area contributed by atoms with Crippen LogP contribution in [-0.4, -0.2) is 8.42 Å². The number of hydrogen-bond donors (Lipinski definition) is 1. The van der Waals surface area contributed by atoms with E-state index in [1.54, 1.807) is 0 Å². The van der Waals surface area contributed by atoms with Crippen molar-refractivity contribution in [2.75, 3.05) is 4.72 Å². The fraction of sp³-hybridized carbons (Fsp3) is 0.0769. The van der Waals surface area contributed by atoms with Crippen LogP contribution in [-0.2, 0) is 16.2 Å². The van der Waals surface area contributed by atoms with E-state index in [1.165, 1.54) is 12.1 Å². The van der Waals surface area contributed by atoms with E-state index in [1.807, 2.05) is 4.72 Å².